The fourth-order valence-electron chi connectivity index (χ4n) is 5.47. The molecule has 5 rings (SSSR count). The first-order valence-electron chi connectivity index (χ1n) is 14.1. The summed E-state index contributed by atoms with van der Waals surface area (Å²) in [4.78, 5) is 18.1. The molecule has 5 nitrogen and oxygen atoms in total. The van der Waals surface area contributed by atoms with Gasteiger partial charge in [0, 0.05) is 43.3 Å². The van der Waals surface area contributed by atoms with Crippen LogP contribution in [0.2, 0.25) is 0 Å². The topological polar surface area (TPSA) is 44.8 Å². The molecule has 0 aromatic heterocycles. The molecule has 1 saturated heterocycles. The fraction of sp³-hybridized carbons (Fsp3) is 0.265. The van der Waals surface area contributed by atoms with E-state index in [0.29, 0.717) is 13.1 Å². The van der Waals surface area contributed by atoms with Crippen LogP contribution in [0.4, 0.5) is 19.3 Å². The van der Waals surface area contributed by atoms with Gasteiger partial charge in [0.25, 0.3) is 0 Å². The Morgan fingerprint density at radius 1 is 0.854 bits per heavy atom. The lowest BCUT2D eigenvalue weighted by Gasteiger charge is -2.39. The summed E-state index contributed by atoms with van der Waals surface area (Å²) in [6.45, 7) is -0.229. The zero-order valence-electron chi connectivity index (χ0n) is 23.0. The van der Waals surface area contributed by atoms with Crippen molar-refractivity contribution in [3.05, 3.63) is 120 Å². The van der Waals surface area contributed by atoms with Crippen molar-refractivity contribution in [2.45, 2.75) is 38.5 Å². The minimum Gasteiger partial charge on any atom is -0.434 e. The molecule has 1 aliphatic rings. The normalized spacial score (nSPS) is 14.1. The number of amides is 2. The molecule has 0 spiro atoms. The van der Waals surface area contributed by atoms with Crippen LogP contribution in [0.25, 0.3) is 11.1 Å². The molecular weight excluding hydrogens is 520 g/mol. The lowest BCUT2D eigenvalue weighted by Crippen LogP contribution is -2.49. The molecule has 212 valence electrons. The number of carbonyl (C=O) groups excluding carboxylic acids is 1. The lowest BCUT2D eigenvalue weighted by atomic mass is 10.0. The van der Waals surface area contributed by atoms with Crippen molar-refractivity contribution in [3.63, 3.8) is 0 Å². The van der Waals surface area contributed by atoms with Crippen LogP contribution in [0.15, 0.2) is 109 Å². The molecule has 0 saturated carbocycles. The number of alkyl halides is 2. The Balaban J connectivity index is 1.29. The number of likely N-dealkylation sites (tertiary alicyclic amines) is 1. The van der Waals surface area contributed by atoms with Gasteiger partial charge in [-0.25, -0.2) is 4.79 Å². The van der Waals surface area contributed by atoms with Gasteiger partial charge in [-0.2, -0.15) is 8.78 Å². The molecule has 7 heteroatoms. The van der Waals surface area contributed by atoms with Gasteiger partial charge in [-0.3, -0.25) is 4.90 Å². The molecule has 2 amide bonds. The maximum atomic E-state index is 13.9. The van der Waals surface area contributed by atoms with E-state index >= 15 is 0 Å². The van der Waals surface area contributed by atoms with Crippen molar-refractivity contribution in [2.24, 2.45) is 0 Å². The van der Waals surface area contributed by atoms with Crippen molar-refractivity contribution in [1.29, 1.82) is 0 Å². The van der Waals surface area contributed by atoms with Crippen LogP contribution in [0.5, 0.6) is 5.75 Å². The van der Waals surface area contributed by atoms with Crippen LogP contribution in [-0.2, 0) is 13.0 Å². The zero-order chi connectivity index (χ0) is 28.4. The number of para-hydroxylation sites is 2. The van der Waals surface area contributed by atoms with Crippen LogP contribution < -0.4 is 10.1 Å². The highest BCUT2D eigenvalue weighted by atomic mass is 19.3. The summed E-state index contributed by atoms with van der Waals surface area (Å²) in [7, 11) is 0. The van der Waals surface area contributed by atoms with E-state index in [1.807, 2.05) is 89.8 Å². The first-order chi connectivity index (χ1) is 20.1. The van der Waals surface area contributed by atoms with E-state index in [-0.39, 0.29) is 17.8 Å². The van der Waals surface area contributed by atoms with Gasteiger partial charge in [0.05, 0.1) is 5.69 Å². The third-order valence-corrected chi connectivity index (χ3v) is 7.58. The molecule has 1 heterocycles. The molecule has 1 N–H and O–H groups in total. The van der Waals surface area contributed by atoms with Crippen molar-refractivity contribution < 1.29 is 18.3 Å². The first-order valence-corrected chi connectivity index (χ1v) is 14.1. The second-order valence-corrected chi connectivity index (χ2v) is 10.3. The molecule has 1 fully saturated rings. The second-order valence-electron chi connectivity index (χ2n) is 10.3. The summed E-state index contributed by atoms with van der Waals surface area (Å²) in [5.41, 5.74) is 4.72. The molecule has 4 aromatic carbocycles. The van der Waals surface area contributed by atoms with E-state index in [4.69, 9.17) is 4.74 Å². The molecule has 41 heavy (non-hydrogen) atoms. The smallest absolute Gasteiger partial charge is 0.387 e. The molecule has 4 aromatic rings. The fourth-order valence-corrected chi connectivity index (χ4v) is 5.47. The largest absolute Gasteiger partial charge is 0.434 e. The van der Waals surface area contributed by atoms with Gasteiger partial charge in [0.15, 0.2) is 0 Å². The number of benzene rings is 4. The Hall–Kier alpha value is -4.23. The SMILES string of the molecule is O=C(Nc1ccccc1-c1ccccc1)N(CCc1ccccc1)C1CCN(Cc2ccccc2OC(F)F)CC1. The van der Waals surface area contributed by atoms with Crippen molar-refractivity contribution in [3.8, 4) is 16.9 Å². The Morgan fingerprint density at radius 3 is 2.22 bits per heavy atom. The van der Waals surface area contributed by atoms with Crippen LogP contribution in [0, 0.1) is 0 Å². The number of nitrogens with zero attached hydrogens (tertiary/aromatic N) is 2. The van der Waals surface area contributed by atoms with Crippen molar-refractivity contribution >= 4 is 11.7 Å². The molecule has 0 bridgehead atoms. The van der Waals surface area contributed by atoms with Gasteiger partial charge >= 0.3 is 12.6 Å². The standard InChI is InChI=1S/C34H35F2N3O2/c35-33(36)41-32-18-10-7-15-28(32)25-38-22-20-29(21-23-38)39(24-19-26-11-3-1-4-12-26)34(40)37-31-17-9-8-16-30(31)27-13-5-2-6-14-27/h1-18,29,33H,19-25H2,(H,37,40). The summed E-state index contributed by atoms with van der Waals surface area (Å²) in [6, 6.07) is 35.0. The summed E-state index contributed by atoms with van der Waals surface area (Å²) in [6.07, 6.45) is 2.34. The molecule has 0 aliphatic carbocycles. The zero-order valence-corrected chi connectivity index (χ0v) is 23.0. The highest BCUT2D eigenvalue weighted by Crippen LogP contribution is 2.29. The quantitative estimate of drug-likeness (QED) is 0.218. The summed E-state index contributed by atoms with van der Waals surface area (Å²) < 4.78 is 30.5. The molecular formula is C34H35F2N3O2. The predicted molar refractivity (Wildman–Crippen MR) is 159 cm³/mol. The Bertz CT molecular complexity index is 1390. The Kier molecular flexibility index (Phi) is 9.60. The molecule has 0 atom stereocenters. The van der Waals surface area contributed by atoms with Crippen molar-refractivity contribution in [1.82, 2.24) is 9.80 Å². The summed E-state index contributed by atoms with van der Waals surface area (Å²) in [5, 5.41) is 3.21. The van der Waals surface area contributed by atoms with Gasteiger partial charge in [0.1, 0.15) is 5.75 Å². The number of anilines is 1. The van der Waals surface area contributed by atoms with Gasteiger partial charge < -0.3 is 15.0 Å². The third kappa shape index (κ3) is 7.70. The number of halogens is 2. The maximum Gasteiger partial charge on any atom is 0.387 e. The van der Waals surface area contributed by atoms with E-state index in [2.05, 4.69) is 22.3 Å². The minimum atomic E-state index is -2.86. The van der Waals surface area contributed by atoms with Crippen LogP contribution in [-0.4, -0.2) is 48.1 Å². The van der Waals surface area contributed by atoms with Crippen LogP contribution >= 0.6 is 0 Å². The number of nitrogens with one attached hydrogen (secondary N) is 1. The number of piperidine rings is 1. The maximum absolute atomic E-state index is 13.9. The molecule has 0 radical (unpaired) electrons. The van der Waals surface area contributed by atoms with Crippen LogP contribution in [0.3, 0.4) is 0 Å². The van der Waals surface area contributed by atoms with Crippen molar-refractivity contribution in [2.75, 3.05) is 25.0 Å². The average molecular weight is 556 g/mol. The van der Waals surface area contributed by atoms with Gasteiger partial charge in [0.2, 0.25) is 0 Å². The van der Waals surface area contributed by atoms with Crippen LogP contribution in [0.1, 0.15) is 24.0 Å². The lowest BCUT2D eigenvalue weighted by molar-refractivity contribution is -0.0508. The summed E-state index contributed by atoms with van der Waals surface area (Å²) in [5.74, 6) is 0.213. The first kappa shape index (κ1) is 28.3. The van der Waals surface area contributed by atoms with Gasteiger partial charge in [-0.1, -0.05) is 97.1 Å². The number of carbonyl (C=O) groups is 1. The average Bonchev–Trinajstić information content (AvgIpc) is 3.00. The van der Waals surface area contributed by atoms with E-state index in [0.717, 1.165) is 54.7 Å². The van der Waals surface area contributed by atoms with E-state index in [9.17, 15) is 13.6 Å². The summed E-state index contributed by atoms with van der Waals surface area (Å²) >= 11 is 0. The number of rotatable bonds is 10. The number of urea groups is 1. The predicted octanol–water partition coefficient (Wildman–Crippen LogP) is 7.70. The number of hydrogen-bond donors (Lipinski definition) is 1. The Morgan fingerprint density at radius 2 is 1.49 bits per heavy atom. The van der Waals surface area contributed by atoms with E-state index in [1.54, 1.807) is 12.1 Å². The molecule has 1 aliphatic heterocycles. The monoisotopic (exact) mass is 555 g/mol. The van der Waals surface area contributed by atoms with E-state index in [1.165, 1.54) is 5.56 Å². The highest BCUT2D eigenvalue weighted by Gasteiger charge is 2.29. The second kappa shape index (κ2) is 13.9. The number of hydrogen-bond acceptors (Lipinski definition) is 3. The minimum absolute atomic E-state index is 0.0615. The van der Waals surface area contributed by atoms with Gasteiger partial charge in [-0.15, -0.1) is 0 Å². The molecule has 0 unspecified atom stereocenters. The van der Waals surface area contributed by atoms with Gasteiger partial charge in [-0.05, 0) is 42.5 Å². The third-order valence-electron chi connectivity index (χ3n) is 7.58. The Labute approximate surface area is 240 Å². The highest BCUT2D eigenvalue weighted by molar-refractivity contribution is 5.94. The van der Waals surface area contributed by atoms with E-state index < -0.39 is 6.61 Å². The number of ether oxygens (including phenoxy) is 1.